The van der Waals surface area contributed by atoms with Crippen LogP contribution in [0.3, 0.4) is 0 Å². The van der Waals surface area contributed by atoms with E-state index in [2.05, 4.69) is 5.32 Å². The first kappa shape index (κ1) is 21.5. The van der Waals surface area contributed by atoms with Crippen molar-refractivity contribution in [3.63, 3.8) is 0 Å². The molecule has 1 fully saturated rings. The summed E-state index contributed by atoms with van der Waals surface area (Å²) in [7, 11) is 3.13. The van der Waals surface area contributed by atoms with Gasteiger partial charge in [0.1, 0.15) is 5.75 Å². The molecule has 0 aliphatic carbocycles. The van der Waals surface area contributed by atoms with Crippen LogP contribution in [0.1, 0.15) is 12.8 Å². The molecule has 0 radical (unpaired) electrons. The summed E-state index contributed by atoms with van der Waals surface area (Å²) >= 11 is 0. The molecule has 1 aliphatic heterocycles. The number of anilines is 1. The number of methoxy groups -OCH3 is 1. The molecule has 1 heterocycles. The number of ether oxygens (including phenoxy) is 1. The molecule has 1 aliphatic rings. The van der Waals surface area contributed by atoms with Crippen molar-refractivity contribution in [3.05, 3.63) is 24.3 Å². The number of nitrogens with zero attached hydrogens (tertiary/aromatic N) is 3. The van der Waals surface area contributed by atoms with E-state index in [0.29, 0.717) is 32.5 Å². The van der Waals surface area contributed by atoms with Gasteiger partial charge in [0.05, 0.1) is 13.0 Å². The van der Waals surface area contributed by atoms with E-state index in [0.717, 1.165) is 11.4 Å². The molecule has 0 aromatic heterocycles. The Morgan fingerprint density at radius 2 is 1.93 bits per heavy atom. The van der Waals surface area contributed by atoms with Crippen LogP contribution in [0, 0.1) is 5.92 Å². The molecule has 0 spiro atoms. The van der Waals surface area contributed by atoms with Crippen molar-refractivity contribution in [2.75, 3.05) is 59.3 Å². The number of rotatable bonds is 8. The lowest BCUT2D eigenvalue weighted by atomic mass is 9.99. The molecule has 1 aromatic carbocycles. The Morgan fingerprint density at radius 1 is 1.26 bits per heavy atom. The molecule has 1 unspecified atom stereocenters. The van der Waals surface area contributed by atoms with Gasteiger partial charge in [-0.05, 0) is 37.1 Å². The first-order valence-corrected chi connectivity index (χ1v) is 10.5. The average Bonchev–Trinajstić information content (AvgIpc) is 2.67. The van der Waals surface area contributed by atoms with Gasteiger partial charge >= 0.3 is 0 Å². The number of likely N-dealkylation sites (N-methyl/N-ethyl adjacent to an activating group) is 1. The van der Waals surface area contributed by atoms with Crippen molar-refractivity contribution in [1.82, 2.24) is 13.9 Å². The highest BCUT2D eigenvalue weighted by atomic mass is 32.2. The summed E-state index contributed by atoms with van der Waals surface area (Å²) in [5, 5.41) is 2.94. The molecule has 1 N–H and O–H groups in total. The summed E-state index contributed by atoms with van der Waals surface area (Å²) in [6.45, 7) is 1.86. The molecule has 2 rings (SSSR count). The average molecular weight is 399 g/mol. The van der Waals surface area contributed by atoms with Gasteiger partial charge < -0.3 is 15.0 Å². The number of hydrogen-bond donors (Lipinski definition) is 1. The zero-order valence-electron chi connectivity index (χ0n) is 16.5. The number of nitrogens with one attached hydrogen (secondary N) is 1. The van der Waals surface area contributed by atoms with Crippen LogP contribution in [0.25, 0.3) is 0 Å². The van der Waals surface area contributed by atoms with Crippen LogP contribution in [0.2, 0.25) is 0 Å². The molecule has 0 saturated carbocycles. The minimum absolute atomic E-state index is 0.0863. The van der Waals surface area contributed by atoms with Crippen molar-refractivity contribution in [3.8, 4) is 5.75 Å². The standard InChI is InChI=1S/C18H30N4O4S/c1-20(2)27(24,25)22-12-5-6-15(14-22)18(23)19-11-13-21(3)16-7-9-17(26-4)10-8-16/h7-10,15H,5-6,11-14H2,1-4H3,(H,19,23). The Hall–Kier alpha value is -1.84. The first-order chi connectivity index (χ1) is 12.8. The number of benzene rings is 1. The van der Waals surface area contributed by atoms with Gasteiger partial charge in [0.25, 0.3) is 10.2 Å². The van der Waals surface area contributed by atoms with Crippen LogP contribution in [-0.2, 0) is 15.0 Å². The molecule has 0 bridgehead atoms. The highest BCUT2D eigenvalue weighted by molar-refractivity contribution is 7.86. The third-order valence-corrected chi connectivity index (χ3v) is 6.71. The second kappa shape index (κ2) is 9.38. The molecular weight excluding hydrogens is 368 g/mol. The minimum Gasteiger partial charge on any atom is -0.497 e. The van der Waals surface area contributed by atoms with E-state index in [1.54, 1.807) is 7.11 Å². The Morgan fingerprint density at radius 3 is 2.52 bits per heavy atom. The van der Waals surface area contributed by atoms with E-state index in [1.807, 2.05) is 36.2 Å². The van der Waals surface area contributed by atoms with Crippen LogP contribution in [-0.4, -0.2) is 77.4 Å². The van der Waals surface area contributed by atoms with Crippen molar-refractivity contribution < 1.29 is 17.9 Å². The summed E-state index contributed by atoms with van der Waals surface area (Å²) < 4.78 is 32.3. The van der Waals surface area contributed by atoms with Gasteiger partial charge in [-0.3, -0.25) is 4.79 Å². The van der Waals surface area contributed by atoms with E-state index in [4.69, 9.17) is 4.74 Å². The molecule has 9 heteroatoms. The number of amides is 1. The lowest BCUT2D eigenvalue weighted by Gasteiger charge is -2.32. The second-order valence-electron chi connectivity index (χ2n) is 6.90. The minimum atomic E-state index is -3.47. The molecule has 152 valence electrons. The van der Waals surface area contributed by atoms with Gasteiger partial charge in [-0.1, -0.05) is 0 Å². The van der Waals surface area contributed by atoms with Crippen molar-refractivity contribution in [2.24, 2.45) is 5.92 Å². The van der Waals surface area contributed by atoms with Crippen LogP contribution >= 0.6 is 0 Å². The summed E-state index contributed by atoms with van der Waals surface area (Å²) in [5.74, 6) is 0.409. The van der Waals surface area contributed by atoms with Crippen molar-refractivity contribution in [1.29, 1.82) is 0 Å². The van der Waals surface area contributed by atoms with Gasteiger partial charge in [-0.25, -0.2) is 0 Å². The predicted octanol–water partition coefficient (Wildman–Crippen LogP) is 0.766. The van der Waals surface area contributed by atoms with Crippen molar-refractivity contribution >= 4 is 21.8 Å². The Bertz CT molecular complexity index is 721. The highest BCUT2D eigenvalue weighted by Crippen LogP contribution is 2.20. The van der Waals surface area contributed by atoms with Gasteiger partial charge in [0, 0.05) is 53.0 Å². The van der Waals surface area contributed by atoms with Gasteiger partial charge in [0.2, 0.25) is 5.91 Å². The quantitative estimate of drug-likeness (QED) is 0.699. The zero-order chi connectivity index (χ0) is 20.0. The lowest BCUT2D eigenvalue weighted by Crippen LogP contribution is -2.49. The van der Waals surface area contributed by atoms with Crippen molar-refractivity contribution in [2.45, 2.75) is 12.8 Å². The molecule has 1 atom stereocenters. The van der Waals surface area contributed by atoms with E-state index < -0.39 is 10.2 Å². The van der Waals surface area contributed by atoms with Crippen LogP contribution in [0.4, 0.5) is 5.69 Å². The predicted molar refractivity (Wildman–Crippen MR) is 106 cm³/mol. The second-order valence-corrected chi connectivity index (χ2v) is 9.04. The number of carbonyl (C=O) groups excluding carboxylic acids is 1. The number of carbonyl (C=O) groups is 1. The zero-order valence-corrected chi connectivity index (χ0v) is 17.3. The third kappa shape index (κ3) is 5.57. The Balaban J connectivity index is 1.82. The summed E-state index contributed by atoms with van der Waals surface area (Å²) in [6.07, 6.45) is 1.40. The maximum atomic E-state index is 12.5. The van der Waals surface area contributed by atoms with Gasteiger partial charge in [-0.2, -0.15) is 17.0 Å². The SMILES string of the molecule is COc1ccc(N(C)CCNC(=O)C2CCCN(S(=O)(=O)N(C)C)C2)cc1. The maximum absolute atomic E-state index is 12.5. The summed E-state index contributed by atoms with van der Waals surface area (Å²) in [5.41, 5.74) is 1.03. The number of hydrogen-bond acceptors (Lipinski definition) is 5. The van der Waals surface area contributed by atoms with E-state index >= 15 is 0 Å². The lowest BCUT2D eigenvalue weighted by molar-refractivity contribution is -0.126. The van der Waals surface area contributed by atoms with Crippen LogP contribution in [0.15, 0.2) is 24.3 Å². The fourth-order valence-electron chi connectivity index (χ4n) is 3.05. The van der Waals surface area contributed by atoms with Gasteiger partial charge in [-0.15, -0.1) is 0 Å². The first-order valence-electron chi connectivity index (χ1n) is 9.06. The molecular formula is C18H30N4O4S. The van der Waals surface area contributed by atoms with E-state index in [-0.39, 0.29) is 18.4 Å². The summed E-state index contributed by atoms with van der Waals surface area (Å²) in [6, 6.07) is 7.72. The Labute approximate surface area is 162 Å². The van der Waals surface area contributed by atoms with Crippen LogP contribution in [0.5, 0.6) is 5.75 Å². The van der Waals surface area contributed by atoms with Gasteiger partial charge in [0.15, 0.2) is 0 Å². The normalized spacial score (nSPS) is 18.3. The largest absolute Gasteiger partial charge is 0.497 e. The van der Waals surface area contributed by atoms with E-state index in [9.17, 15) is 13.2 Å². The fraction of sp³-hybridized carbons (Fsp3) is 0.611. The molecule has 1 aromatic rings. The molecule has 8 nitrogen and oxygen atoms in total. The topological polar surface area (TPSA) is 82.2 Å². The fourth-order valence-corrected chi connectivity index (χ4v) is 4.24. The molecule has 1 saturated heterocycles. The summed E-state index contributed by atoms with van der Waals surface area (Å²) in [4.78, 5) is 14.5. The van der Waals surface area contributed by atoms with E-state index in [1.165, 1.54) is 22.7 Å². The Kier molecular flexibility index (Phi) is 7.46. The third-order valence-electron chi connectivity index (χ3n) is 4.80. The monoisotopic (exact) mass is 398 g/mol. The van der Waals surface area contributed by atoms with Crippen LogP contribution < -0.4 is 15.0 Å². The molecule has 1 amide bonds. The maximum Gasteiger partial charge on any atom is 0.281 e. The number of piperidine rings is 1. The smallest absolute Gasteiger partial charge is 0.281 e. The molecule has 27 heavy (non-hydrogen) atoms. The highest BCUT2D eigenvalue weighted by Gasteiger charge is 2.33.